The predicted molar refractivity (Wildman–Crippen MR) is 99.2 cm³/mol. The van der Waals surface area contributed by atoms with E-state index in [4.69, 9.17) is 17.3 Å². The average Bonchev–Trinajstić information content (AvgIpc) is 2.90. The minimum Gasteiger partial charge on any atom is -0.399 e. The van der Waals surface area contributed by atoms with Crippen LogP contribution >= 0.6 is 11.6 Å². The second-order valence-corrected chi connectivity index (χ2v) is 7.66. The van der Waals surface area contributed by atoms with Gasteiger partial charge in [0.2, 0.25) is 5.95 Å². The molecule has 2 aromatic carbocycles. The molecule has 3 N–H and O–H groups in total. The molecule has 1 heterocycles. The third-order valence-corrected chi connectivity index (χ3v) is 5.47. The first-order chi connectivity index (χ1) is 11.9. The highest BCUT2D eigenvalue weighted by Gasteiger charge is 2.18. The Kier molecular flexibility index (Phi) is 4.69. The molecule has 3 aromatic rings. The number of anilines is 2. The fourth-order valence-electron chi connectivity index (χ4n) is 2.37. The van der Waals surface area contributed by atoms with E-state index in [0.29, 0.717) is 17.3 Å². The van der Waals surface area contributed by atoms with Gasteiger partial charge in [0.1, 0.15) is 0 Å². The van der Waals surface area contributed by atoms with Crippen molar-refractivity contribution in [3.63, 3.8) is 0 Å². The Morgan fingerprint density at radius 3 is 2.52 bits per heavy atom. The number of benzene rings is 2. The summed E-state index contributed by atoms with van der Waals surface area (Å²) in [6, 6.07) is 13.4. The average molecular weight is 377 g/mol. The number of aryl methyl sites for hydroxylation is 1. The van der Waals surface area contributed by atoms with Gasteiger partial charge in [-0.3, -0.25) is 0 Å². The Labute approximate surface area is 151 Å². The molecule has 130 valence electrons. The molecule has 0 saturated carbocycles. The van der Waals surface area contributed by atoms with Crippen LogP contribution in [-0.2, 0) is 16.6 Å². The first-order valence-electron chi connectivity index (χ1n) is 7.51. The van der Waals surface area contributed by atoms with Crippen molar-refractivity contribution < 1.29 is 8.42 Å². The van der Waals surface area contributed by atoms with Gasteiger partial charge in [-0.2, -0.15) is 0 Å². The van der Waals surface area contributed by atoms with Crippen LogP contribution in [-0.4, -0.2) is 18.0 Å². The number of rotatable bonds is 5. The summed E-state index contributed by atoms with van der Waals surface area (Å²) in [5, 5.41) is 0.614. The molecule has 0 amide bonds. The molecule has 0 aliphatic rings. The van der Waals surface area contributed by atoms with Gasteiger partial charge in [0.25, 0.3) is 10.0 Å². The fraction of sp³-hybridized carbons (Fsp3) is 0.118. The van der Waals surface area contributed by atoms with Crippen LogP contribution in [0.4, 0.5) is 11.6 Å². The van der Waals surface area contributed by atoms with Gasteiger partial charge in [-0.1, -0.05) is 29.8 Å². The molecule has 0 saturated heterocycles. The number of hydrogen-bond donors (Lipinski definition) is 2. The molecule has 0 bridgehead atoms. The van der Waals surface area contributed by atoms with Crippen molar-refractivity contribution in [1.82, 2.24) is 9.55 Å². The summed E-state index contributed by atoms with van der Waals surface area (Å²) in [6.45, 7) is 2.26. The van der Waals surface area contributed by atoms with E-state index < -0.39 is 10.0 Å². The Morgan fingerprint density at radius 1 is 1.16 bits per heavy atom. The van der Waals surface area contributed by atoms with Crippen LogP contribution < -0.4 is 10.5 Å². The van der Waals surface area contributed by atoms with Crippen LogP contribution in [0.15, 0.2) is 59.6 Å². The molecule has 8 heteroatoms. The topological polar surface area (TPSA) is 90.0 Å². The highest BCUT2D eigenvalue weighted by molar-refractivity contribution is 7.92. The van der Waals surface area contributed by atoms with Crippen molar-refractivity contribution >= 4 is 33.3 Å². The Bertz CT molecular complexity index is 998. The van der Waals surface area contributed by atoms with Crippen molar-refractivity contribution in [2.45, 2.75) is 18.4 Å². The van der Waals surface area contributed by atoms with E-state index >= 15 is 0 Å². The van der Waals surface area contributed by atoms with E-state index in [-0.39, 0.29) is 10.8 Å². The maximum atomic E-state index is 12.6. The van der Waals surface area contributed by atoms with Gasteiger partial charge < -0.3 is 10.3 Å². The zero-order valence-electron chi connectivity index (χ0n) is 13.5. The summed E-state index contributed by atoms with van der Waals surface area (Å²) in [6.07, 6.45) is 1.61. The first-order valence-corrected chi connectivity index (χ1v) is 9.37. The molecular weight excluding hydrogens is 360 g/mol. The molecule has 0 unspecified atom stereocenters. The lowest BCUT2D eigenvalue weighted by atomic mass is 10.2. The summed E-state index contributed by atoms with van der Waals surface area (Å²) in [5.41, 5.74) is 7.79. The molecule has 3 rings (SSSR count). The van der Waals surface area contributed by atoms with Crippen molar-refractivity contribution in [3.8, 4) is 0 Å². The van der Waals surface area contributed by atoms with Crippen molar-refractivity contribution in [2.24, 2.45) is 0 Å². The van der Waals surface area contributed by atoms with Crippen molar-refractivity contribution in [1.29, 1.82) is 0 Å². The van der Waals surface area contributed by atoms with Gasteiger partial charge in [0.15, 0.2) is 0 Å². The number of hydrogen-bond acceptors (Lipinski definition) is 4. The molecule has 0 spiro atoms. The normalized spacial score (nSPS) is 11.4. The first kappa shape index (κ1) is 17.3. The smallest absolute Gasteiger partial charge is 0.264 e. The molecular formula is C17H17ClN4O2S. The Morgan fingerprint density at radius 2 is 1.84 bits per heavy atom. The highest BCUT2D eigenvalue weighted by Crippen LogP contribution is 2.22. The predicted octanol–water partition coefficient (Wildman–Crippen LogP) is 3.28. The van der Waals surface area contributed by atoms with E-state index in [9.17, 15) is 8.42 Å². The molecule has 1 aromatic heterocycles. The van der Waals surface area contributed by atoms with Gasteiger partial charge in [-0.05, 0) is 42.8 Å². The number of aromatic nitrogens is 2. The molecule has 6 nitrogen and oxygen atoms in total. The third-order valence-electron chi connectivity index (χ3n) is 3.76. The molecule has 25 heavy (non-hydrogen) atoms. The second kappa shape index (κ2) is 6.78. The SMILES string of the molecule is Cc1cnc(NS(=O)(=O)c2ccc(N)cc2)n1Cc1ccccc1Cl. The summed E-state index contributed by atoms with van der Waals surface area (Å²) in [4.78, 5) is 4.29. The van der Waals surface area contributed by atoms with Crippen LogP contribution in [0.25, 0.3) is 0 Å². The summed E-state index contributed by atoms with van der Waals surface area (Å²) in [7, 11) is -3.76. The van der Waals surface area contributed by atoms with E-state index in [2.05, 4.69) is 9.71 Å². The maximum Gasteiger partial charge on any atom is 0.264 e. The maximum absolute atomic E-state index is 12.6. The highest BCUT2D eigenvalue weighted by atomic mass is 35.5. The number of halogens is 1. The van der Waals surface area contributed by atoms with E-state index in [1.54, 1.807) is 16.8 Å². The van der Waals surface area contributed by atoms with Crippen LogP contribution in [0.5, 0.6) is 0 Å². The summed E-state index contributed by atoms with van der Waals surface area (Å²) >= 11 is 6.21. The molecule has 0 atom stereocenters. The largest absolute Gasteiger partial charge is 0.399 e. The van der Waals surface area contributed by atoms with Crippen LogP contribution in [0, 0.1) is 6.92 Å². The van der Waals surface area contributed by atoms with E-state index in [1.807, 2.05) is 25.1 Å². The number of nitrogen functional groups attached to an aromatic ring is 1. The van der Waals surface area contributed by atoms with E-state index in [0.717, 1.165) is 11.3 Å². The monoisotopic (exact) mass is 376 g/mol. The van der Waals surface area contributed by atoms with Crippen molar-refractivity contribution in [3.05, 3.63) is 71.0 Å². The van der Waals surface area contributed by atoms with Gasteiger partial charge >= 0.3 is 0 Å². The quantitative estimate of drug-likeness (QED) is 0.668. The number of sulfonamides is 1. The Hall–Kier alpha value is -2.51. The van der Waals surface area contributed by atoms with Crippen molar-refractivity contribution in [2.75, 3.05) is 10.5 Å². The Balaban J connectivity index is 1.91. The molecule has 0 aliphatic carbocycles. The molecule has 0 aliphatic heterocycles. The zero-order chi connectivity index (χ0) is 18.0. The second-order valence-electron chi connectivity index (χ2n) is 5.58. The minimum atomic E-state index is -3.76. The zero-order valence-corrected chi connectivity index (χ0v) is 15.1. The number of nitrogens with one attached hydrogen (secondary N) is 1. The minimum absolute atomic E-state index is 0.117. The lowest BCUT2D eigenvalue weighted by Crippen LogP contribution is -2.17. The van der Waals surface area contributed by atoms with Gasteiger partial charge in [-0.25, -0.2) is 18.1 Å². The third kappa shape index (κ3) is 3.78. The summed E-state index contributed by atoms with van der Waals surface area (Å²) in [5.74, 6) is 0.231. The molecule has 0 radical (unpaired) electrons. The van der Waals surface area contributed by atoms with E-state index in [1.165, 1.54) is 24.3 Å². The number of nitrogens with zero attached hydrogens (tertiary/aromatic N) is 2. The number of nitrogens with two attached hydrogens (primary N) is 1. The van der Waals surface area contributed by atoms with Gasteiger partial charge in [0, 0.05) is 16.4 Å². The lowest BCUT2D eigenvalue weighted by Gasteiger charge is -2.13. The summed E-state index contributed by atoms with van der Waals surface area (Å²) < 4.78 is 29.4. The van der Waals surface area contributed by atoms with Crippen LogP contribution in [0.2, 0.25) is 5.02 Å². The number of imidazole rings is 1. The lowest BCUT2D eigenvalue weighted by molar-refractivity contribution is 0.600. The van der Waals surface area contributed by atoms with Gasteiger partial charge in [0.05, 0.1) is 17.6 Å². The van der Waals surface area contributed by atoms with Gasteiger partial charge in [-0.15, -0.1) is 0 Å². The molecule has 0 fully saturated rings. The fourth-order valence-corrected chi connectivity index (χ4v) is 3.58. The standard InChI is InChI=1S/C17H17ClN4O2S/c1-12-10-20-17(22(12)11-13-4-2-3-5-16(13)18)21-25(23,24)15-8-6-14(19)7-9-15/h2-10H,11,19H2,1H3,(H,20,21). The van der Waals surface area contributed by atoms with Crippen LogP contribution in [0.1, 0.15) is 11.3 Å². The van der Waals surface area contributed by atoms with Crippen LogP contribution in [0.3, 0.4) is 0 Å².